The molecule has 35 heavy (non-hydrogen) atoms. The third-order valence-electron chi connectivity index (χ3n) is 5.70. The Bertz CT molecular complexity index is 1440. The summed E-state index contributed by atoms with van der Waals surface area (Å²) >= 11 is 6.88. The van der Waals surface area contributed by atoms with Crippen LogP contribution < -0.4 is 4.74 Å². The van der Waals surface area contributed by atoms with E-state index >= 15 is 0 Å². The molecule has 174 valence electrons. The molecule has 0 atom stereocenters. The van der Waals surface area contributed by atoms with Crippen molar-refractivity contribution in [3.8, 4) is 5.75 Å². The van der Waals surface area contributed by atoms with E-state index in [1.807, 2.05) is 48.5 Å². The summed E-state index contributed by atoms with van der Waals surface area (Å²) in [5.41, 5.74) is 1.96. The van der Waals surface area contributed by atoms with Gasteiger partial charge in [0.25, 0.3) is 11.1 Å². The van der Waals surface area contributed by atoms with Gasteiger partial charge in [-0.3, -0.25) is 14.5 Å². The van der Waals surface area contributed by atoms with Crippen LogP contribution in [0.3, 0.4) is 0 Å². The highest BCUT2D eigenvalue weighted by Gasteiger charge is 2.35. The second kappa shape index (κ2) is 9.94. The molecule has 4 aromatic rings. The number of fused-ring (bicyclic) bond motifs is 1. The first-order valence-electron chi connectivity index (χ1n) is 10.9. The highest BCUT2D eigenvalue weighted by Crippen LogP contribution is 2.35. The van der Waals surface area contributed by atoms with Crippen LogP contribution in [0.1, 0.15) is 16.7 Å². The van der Waals surface area contributed by atoms with E-state index in [2.05, 4.69) is 18.2 Å². The van der Waals surface area contributed by atoms with Crippen LogP contribution in [-0.4, -0.2) is 16.0 Å². The molecule has 1 saturated heterocycles. The van der Waals surface area contributed by atoms with Crippen molar-refractivity contribution in [1.29, 1.82) is 0 Å². The molecule has 0 aliphatic carbocycles. The lowest BCUT2D eigenvalue weighted by atomic mass is 10.1. The van der Waals surface area contributed by atoms with Gasteiger partial charge in [-0.25, -0.2) is 4.39 Å². The van der Waals surface area contributed by atoms with Gasteiger partial charge in [0, 0.05) is 10.6 Å². The van der Waals surface area contributed by atoms with Gasteiger partial charge in [0.05, 0.1) is 11.4 Å². The van der Waals surface area contributed by atoms with E-state index in [1.54, 1.807) is 6.08 Å². The Morgan fingerprint density at radius 1 is 0.914 bits per heavy atom. The molecule has 2 amide bonds. The minimum atomic E-state index is -0.556. The van der Waals surface area contributed by atoms with Gasteiger partial charge in [-0.1, -0.05) is 72.3 Å². The molecule has 0 saturated carbocycles. The second-order valence-corrected chi connectivity index (χ2v) is 9.36. The Morgan fingerprint density at radius 3 is 2.46 bits per heavy atom. The number of benzene rings is 4. The number of thioether (sulfide) groups is 1. The molecule has 5 rings (SSSR count). The van der Waals surface area contributed by atoms with Crippen LogP contribution in [-0.2, 0) is 17.9 Å². The van der Waals surface area contributed by atoms with Crippen molar-refractivity contribution in [2.45, 2.75) is 13.2 Å². The van der Waals surface area contributed by atoms with E-state index in [-0.39, 0.29) is 22.0 Å². The van der Waals surface area contributed by atoms with Gasteiger partial charge in [-0.05, 0) is 64.0 Å². The van der Waals surface area contributed by atoms with E-state index < -0.39 is 17.0 Å². The van der Waals surface area contributed by atoms with Gasteiger partial charge in [-0.15, -0.1) is 0 Å². The van der Waals surface area contributed by atoms with Crippen LogP contribution in [0.25, 0.3) is 16.8 Å². The first-order valence-corrected chi connectivity index (χ1v) is 12.1. The zero-order valence-corrected chi connectivity index (χ0v) is 20.0. The van der Waals surface area contributed by atoms with Crippen LogP contribution in [0.2, 0.25) is 5.02 Å². The maximum Gasteiger partial charge on any atom is 0.293 e. The number of nitrogens with zero attached hydrogens (tertiary/aromatic N) is 1. The van der Waals surface area contributed by atoms with Crippen molar-refractivity contribution < 1.29 is 18.7 Å². The number of halogens is 2. The molecule has 0 spiro atoms. The van der Waals surface area contributed by atoms with Crippen molar-refractivity contribution in [3.05, 3.63) is 117 Å². The van der Waals surface area contributed by atoms with Crippen LogP contribution in [0.4, 0.5) is 9.18 Å². The number of ether oxygens (including phenoxy) is 1. The van der Waals surface area contributed by atoms with E-state index in [0.717, 1.165) is 38.6 Å². The van der Waals surface area contributed by atoms with Crippen molar-refractivity contribution in [1.82, 2.24) is 4.90 Å². The smallest absolute Gasteiger partial charge is 0.293 e. The van der Waals surface area contributed by atoms with Crippen LogP contribution in [0.5, 0.6) is 5.75 Å². The highest BCUT2D eigenvalue weighted by atomic mass is 35.5. The molecular weight excluding hydrogens is 485 g/mol. The molecule has 1 aliphatic rings. The molecule has 0 aromatic heterocycles. The number of carbonyl (C=O) groups excluding carboxylic acids is 2. The van der Waals surface area contributed by atoms with Crippen molar-refractivity contribution in [3.63, 3.8) is 0 Å². The molecule has 0 bridgehead atoms. The molecule has 4 aromatic carbocycles. The number of rotatable bonds is 6. The van der Waals surface area contributed by atoms with Gasteiger partial charge in [0.2, 0.25) is 0 Å². The van der Waals surface area contributed by atoms with E-state index in [4.69, 9.17) is 16.3 Å². The normalized spacial score (nSPS) is 14.8. The van der Waals surface area contributed by atoms with Crippen molar-refractivity contribution in [2.75, 3.05) is 0 Å². The summed E-state index contributed by atoms with van der Waals surface area (Å²) in [5.74, 6) is -0.340. The minimum absolute atomic E-state index is 0.116. The maximum atomic E-state index is 14.1. The number of imide groups is 1. The van der Waals surface area contributed by atoms with Gasteiger partial charge < -0.3 is 4.74 Å². The van der Waals surface area contributed by atoms with Crippen molar-refractivity contribution >= 4 is 51.4 Å². The topological polar surface area (TPSA) is 46.6 Å². The highest BCUT2D eigenvalue weighted by molar-refractivity contribution is 8.18. The van der Waals surface area contributed by atoms with E-state index in [9.17, 15) is 14.0 Å². The molecule has 1 aliphatic heterocycles. The summed E-state index contributed by atoms with van der Waals surface area (Å²) in [7, 11) is 0. The predicted molar refractivity (Wildman–Crippen MR) is 138 cm³/mol. The zero-order valence-electron chi connectivity index (χ0n) is 18.4. The summed E-state index contributed by atoms with van der Waals surface area (Å²) in [6.45, 7) is 0.215. The lowest BCUT2D eigenvalue weighted by Gasteiger charge is -2.14. The third kappa shape index (κ3) is 4.94. The molecule has 0 N–H and O–H groups in total. The van der Waals surface area contributed by atoms with Crippen LogP contribution >= 0.6 is 23.4 Å². The Kier molecular flexibility index (Phi) is 6.57. The average molecular weight is 504 g/mol. The van der Waals surface area contributed by atoms with Crippen molar-refractivity contribution in [2.24, 2.45) is 0 Å². The summed E-state index contributed by atoms with van der Waals surface area (Å²) < 4.78 is 20.1. The summed E-state index contributed by atoms with van der Waals surface area (Å²) in [6, 6.07) is 25.8. The van der Waals surface area contributed by atoms with Gasteiger partial charge in [-0.2, -0.15) is 0 Å². The molecule has 7 heteroatoms. The fourth-order valence-corrected chi connectivity index (χ4v) is 4.93. The second-order valence-electron chi connectivity index (χ2n) is 7.96. The monoisotopic (exact) mass is 503 g/mol. The van der Waals surface area contributed by atoms with Crippen LogP contribution in [0.15, 0.2) is 89.8 Å². The SMILES string of the molecule is O=C1S/C(=C/c2ccc(OCc3cccc4ccccc34)cc2)C(=O)N1Cc1c(F)cccc1Cl. The largest absolute Gasteiger partial charge is 0.489 e. The molecule has 0 radical (unpaired) electrons. The number of carbonyl (C=O) groups is 2. The lowest BCUT2D eigenvalue weighted by molar-refractivity contribution is -0.123. The number of hydrogen-bond donors (Lipinski definition) is 0. The summed E-state index contributed by atoms with van der Waals surface area (Å²) in [4.78, 5) is 26.5. The maximum absolute atomic E-state index is 14.1. The van der Waals surface area contributed by atoms with Gasteiger partial charge in [0.1, 0.15) is 18.2 Å². The molecule has 1 fully saturated rings. The fraction of sp³-hybridized carbons (Fsp3) is 0.0714. The molecule has 1 heterocycles. The molecule has 0 unspecified atom stereocenters. The summed E-state index contributed by atoms with van der Waals surface area (Å²) in [6.07, 6.45) is 1.64. The zero-order chi connectivity index (χ0) is 24.4. The standard InChI is InChI=1S/C28H19ClFNO3S/c29-24-9-4-10-25(30)23(24)16-31-27(32)26(35-28(31)33)15-18-11-13-21(14-12-18)34-17-20-7-3-6-19-5-1-2-8-22(19)20/h1-15H,16-17H2/b26-15+. The Hall–Kier alpha value is -3.61. The summed E-state index contributed by atoms with van der Waals surface area (Å²) in [5, 5.41) is 2.02. The lowest BCUT2D eigenvalue weighted by Crippen LogP contribution is -2.28. The third-order valence-corrected chi connectivity index (χ3v) is 6.97. The predicted octanol–water partition coefficient (Wildman–Crippen LogP) is 7.45. The Balaban J connectivity index is 1.27. The first-order chi connectivity index (χ1) is 17.0. The van der Waals surface area contributed by atoms with Gasteiger partial charge >= 0.3 is 0 Å². The van der Waals surface area contributed by atoms with Crippen LogP contribution in [0, 0.1) is 5.82 Å². The van der Waals surface area contributed by atoms with E-state index in [0.29, 0.717) is 12.4 Å². The quantitative estimate of drug-likeness (QED) is 0.256. The van der Waals surface area contributed by atoms with Gasteiger partial charge in [0.15, 0.2) is 0 Å². The number of amides is 2. The fourth-order valence-electron chi connectivity index (χ4n) is 3.87. The van der Waals surface area contributed by atoms with E-state index in [1.165, 1.54) is 18.2 Å². The average Bonchev–Trinajstić information content (AvgIpc) is 3.13. The molecule has 4 nitrogen and oxygen atoms in total. The first kappa shape index (κ1) is 23.1. The molecular formula is C28H19ClFNO3S. The number of hydrogen-bond acceptors (Lipinski definition) is 4. The Morgan fingerprint density at radius 2 is 1.66 bits per heavy atom. The Labute approximate surface area is 211 Å². The minimum Gasteiger partial charge on any atom is -0.489 e.